The van der Waals surface area contributed by atoms with Crippen molar-refractivity contribution in [2.45, 2.75) is 103 Å². The van der Waals surface area contributed by atoms with Gasteiger partial charge in [0, 0.05) is 23.6 Å². The highest BCUT2D eigenvalue weighted by Gasteiger charge is 2.41. The van der Waals surface area contributed by atoms with Crippen molar-refractivity contribution in [1.82, 2.24) is 24.1 Å². The van der Waals surface area contributed by atoms with Gasteiger partial charge in [-0.1, -0.05) is 47.5 Å². The van der Waals surface area contributed by atoms with E-state index in [1.54, 1.807) is 27.7 Å². The van der Waals surface area contributed by atoms with Crippen LogP contribution in [0.5, 0.6) is 0 Å². The molecular weight excluding hydrogens is 559 g/mol. The summed E-state index contributed by atoms with van der Waals surface area (Å²) in [6.45, 7) is 20.1. The minimum absolute atomic E-state index is 0.105. The van der Waals surface area contributed by atoms with E-state index in [-0.39, 0.29) is 12.2 Å². The van der Waals surface area contributed by atoms with Gasteiger partial charge in [-0.3, -0.25) is 9.36 Å². The van der Waals surface area contributed by atoms with E-state index in [0.717, 1.165) is 6.26 Å². The molecule has 0 saturated carbocycles. The van der Waals surface area contributed by atoms with Crippen LogP contribution >= 0.6 is 0 Å². The van der Waals surface area contributed by atoms with E-state index in [1.165, 1.54) is 27.9 Å². The number of carbonyl (C=O) groups excluding carboxylic acids is 1. The first kappa shape index (κ1) is 32.2. The van der Waals surface area contributed by atoms with Gasteiger partial charge in [-0.25, -0.2) is 27.7 Å². The first-order valence-corrected chi connectivity index (χ1v) is 17.8. The Morgan fingerprint density at radius 2 is 1.66 bits per heavy atom. The van der Waals surface area contributed by atoms with E-state index in [1.807, 2.05) is 0 Å². The van der Waals surface area contributed by atoms with Crippen LogP contribution in [-0.2, 0) is 21.1 Å². The molecule has 222 valence electrons. The smallest absolute Gasteiger partial charge is 0.420 e. The molecule has 0 bridgehead atoms. The van der Waals surface area contributed by atoms with Crippen LogP contribution < -0.4 is 5.56 Å². The first-order valence-electron chi connectivity index (χ1n) is 13.7. The molecule has 0 aliphatic rings. The van der Waals surface area contributed by atoms with E-state index in [4.69, 9.17) is 4.74 Å². The van der Waals surface area contributed by atoms with Gasteiger partial charge in [-0.15, -0.1) is 5.54 Å². The van der Waals surface area contributed by atoms with Gasteiger partial charge in [-0.05, 0) is 44.3 Å². The van der Waals surface area contributed by atoms with Crippen LogP contribution in [-0.4, -0.2) is 58.5 Å². The Balaban J connectivity index is 2.34. The summed E-state index contributed by atoms with van der Waals surface area (Å²) in [4.78, 5) is 39.2. The number of aromatic nitrogens is 5. The monoisotopic (exact) mass is 599 g/mol. The van der Waals surface area contributed by atoms with Crippen LogP contribution in [0.25, 0.3) is 11.0 Å². The largest absolute Gasteiger partial charge is 0.443 e. The fraction of sp³-hybridized carbons (Fsp3) is 0.552. The number of nitrogens with zero attached hydrogens (tertiary/aromatic N) is 5. The summed E-state index contributed by atoms with van der Waals surface area (Å²) in [5.74, 6) is 3.36. The Morgan fingerprint density at radius 1 is 1.07 bits per heavy atom. The molecule has 3 heterocycles. The van der Waals surface area contributed by atoms with E-state index in [2.05, 4.69) is 68.0 Å². The Bertz CT molecular complexity index is 1680. The molecule has 12 heteroatoms. The highest BCUT2D eigenvalue weighted by atomic mass is 32.2. The van der Waals surface area contributed by atoms with Gasteiger partial charge in [0.2, 0.25) is 15.0 Å². The lowest BCUT2D eigenvalue weighted by molar-refractivity contribution is 0.0531. The molecule has 0 amide bonds. The molecule has 41 heavy (non-hydrogen) atoms. The minimum atomic E-state index is -3.78. The summed E-state index contributed by atoms with van der Waals surface area (Å²) in [5, 5.41) is 0.0568. The number of rotatable bonds is 6. The molecule has 0 N–H and O–H groups in total. The van der Waals surface area contributed by atoms with Crippen LogP contribution in [0.2, 0.25) is 16.6 Å². The third-order valence-corrected chi connectivity index (χ3v) is 14.6. The molecule has 0 aromatic carbocycles. The second-order valence-corrected chi connectivity index (χ2v) is 19.9. The Kier molecular flexibility index (Phi) is 9.06. The molecule has 0 aliphatic heterocycles. The molecule has 0 saturated heterocycles. The van der Waals surface area contributed by atoms with Gasteiger partial charge >= 0.3 is 6.09 Å². The molecule has 0 fully saturated rings. The Morgan fingerprint density at radius 3 is 2.17 bits per heavy atom. The molecule has 10 nitrogen and oxygen atoms in total. The highest BCUT2D eigenvalue weighted by Crippen LogP contribution is 2.41. The van der Waals surface area contributed by atoms with Crippen molar-refractivity contribution < 1.29 is 17.9 Å². The van der Waals surface area contributed by atoms with Crippen molar-refractivity contribution >= 4 is 35.0 Å². The van der Waals surface area contributed by atoms with Crippen LogP contribution in [0, 0.1) is 18.4 Å². The maximum atomic E-state index is 13.9. The van der Waals surface area contributed by atoms with Crippen molar-refractivity contribution in [2.75, 3.05) is 6.26 Å². The zero-order valence-corrected chi connectivity index (χ0v) is 27.7. The molecule has 0 radical (unpaired) electrons. The predicted molar refractivity (Wildman–Crippen MR) is 163 cm³/mol. The lowest BCUT2D eigenvalue weighted by atomic mass is 10.1. The SMILES string of the molecule is Cc1c(C#C[Si](C(C)C)(C(C)C)C(C)C)c2cnc(S(C)(=O)=O)nc2n(Cc2cncn2C(=O)OC(C)(C)C)c1=O. The molecule has 0 spiro atoms. The summed E-state index contributed by atoms with van der Waals surface area (Å²) in [7, 11) is -5.93. The number of pyridine rings is 1. The number of carbonyl (C=O) groups is 1. The van der Waals surface area contributed by atoms with Crippen LogP contribution in [0.15, 0.2) is 28.7 Å². The van der Waals surface area contributed by atoms with Gasteiger partial charge in [-0.2, -0.15) is 4.98 Å². The van der Waals surface area contributed by atoms with Crippen molar-refractivity contribution in [1.29, 1.82) is 0 Å². The topological polar surface area (TPSA) is 126 Å². The number of hydrogen-bond donors (Lipinski definition) is 0. The normalized spacial score (nSPS) is 12.7. The average molecular weight is 600 g/mol. The molecule has 3 aromatic heterocycles. The molecular formula is C29H41N5O5SSi. The zero-order chi connectivity index (χ0) is 31.1. The third-order valence-electron chi connectivity index (χ3n) is 7.44. The van der Waals surface area contributed by atoms with Crippen LogP contribution in [0.4, 0.5) is 4.79 Å². The highest BCUT2D eigenvalue weighted by molar-refractivity contribution is 7.90. The fourth-order valence-electron chi connectivity index (χ4n) is 5.51. The number of imidazole rings is 1. The van der Waals surface area contributed by atoms with Crippen molar-refractivity contribution in [2.24, 2.45) is 0 Å². The van der Waals surface area contributed by atoms with E-state index < -0.39 is 40.3 Å². The number of sulfone groups is 1. The van der Waals surface area contributed by atoms with Crippen molar-refractivity contribution in [3.05, 3.63) is 45.9 Å². The summed E-state index contributed by atoms with van der Waals surface area (Å²) in [6.07, 6.45) is 4.55. The summed E-state index contributed by atoms with van der Waals surface area (Å²) < 4.78 is 32.8. The number of fused-ring (bicyclic) bond motifs is 1. The predicted octanol–water partition coefficient (Wildman–Crippen LogP) is 5.10. The van der Waals surface area contributed by atoms with Crippen LogP contribution in [0.3, 0.4) is 0 Å². The molecule has 0 aliphatic carbocycles. The summed E-state index contributed by atoms with van der Waals surface area (Å²) in [5.41, 5.74) is 5.01. The van der Waals surface area contributed by atoms with E-state index >= 15 is 0 Å². The minimum Gasteiger partial charge on any atom is -0.443 e. The zero-order valence-electron chi connectivity index (χ0n) is 25.9. The number of ether oxygens (including phenoxy) is 1. The standard InChI is InChI=1S/C29H41N5O5SSi/c1-18(2)41(19(3)4,20(5)6)13-12-23-21(7)26(35)33(25-24(23)15-31-27(32-25)40(11,37)38)16-22-14-30-17-34(22)28(36)39-29(8,9)10/h14-15,17-20H,16H2,1-11H3. The fourth-order valence-corrected chi connectivity index (χ4v) is 11.2. The number of hydrogen-bond acceptors (Lipinski definition) is 8. The maximum Gasteiger partial charge on any atom is 0.420 e. The van der Waals surface area contributed by atoms with Gasteiger partial charge in [0.15, 0.2) is 0 Å². The van der Waals surface area contributed by atoms with Crippen molar-refractivity contribution in [3.8, 4) is 11.5 Å². The Labute approximate surface area is 243 Å². The van der Waals surface area contributed by atoms with Gasteiger partial charge < -0.3 is 4.74 Å². The average Bonchev–Trinajstić information content (AvgIpc) is 3.30. The quantitative estimate of drug-likeness (QED) is 0.218. The lowest BCUT2D eigenvalue weighted by Gasteiger charge is -2.38. The molecule has 3 rings (SSSR count). The molecule has 3 aromatic rings. The van der Waals surface area contributed by atoms with Gasteiger partial charge in [0.1, 0.15) is 25.6 Å². The third kappa shape index (κ3) is 6.46. The van der Waals surface area contributed by atoms with Gasteiger partial charge in [0.25, 0.3) is 5.56 Å². The van der Waals surface area contributed by atoms with Crippen molar-refractivity contribution in [3.63, 3.8) is 0 Å². The summed E-state index contributed by atoms with van der Waals surface area (Å²) in [6, 6.07) is 0. The van der Waals surface area contributed by atoms with Gasteiger partial charge in [0.05, 0.1) is 23.8 Å². The maximum absolute atomic E-state index is 13.9. The lowest BCUT2D eigenvalue weighted by Crippen LogP contribution is -2.43. The second kappa shape index (κ2) is 11.5. The summed E-state index contributed by atoms with van der Waals surface area (Å²) >= 11 is 0. The second-order valence-electron chi connectivity index (χ2n) is 12.4. The first-order chi connectivity index (χ1) is 18.8. The van der Waals surface area contributed by atoms with E-state index in [0.29, 0.717) is 38.8 Å². The molecule has 0 atom stereocenters. The van der Waals surface area contributed by atoms with Crippen LogP contribution in [0.1, 0.15) is 79.1 Å². The Hall–Kier alpha value is -3.30. The van der Waals surface area contributed by atoms with E-state index in [9.17, 15) is 18.0 Å². The molecule has 0 unspecified atom stereocenters.